The van der Waals surface area contributed by atoms with Crippen LogP contribution in [0.4, 0.5) is 0 Å². The number of allylic oxidation sites excluding steroid dienone is 1. The van der Waals surface area contributed by atoms with Crippen LogP contribution in [0.15, 0.2) is 35.3 Å². The fourth-order valence-electron chi connectivity index (χ4n) is 1.56. The number of nitrogens with two attached hydrogens (primary N) is 2. The van der Waals surface area contributed by atoms with Gasteiger partial charge in [0.1, 0.15) is 5.78 Å². The van der Waals surface area contributed by atoms with Gasteiger partial charge in [-0.15, -0.1) is 0 Å². The highest BCUT2D eigenvalue weighted by Gasteiger charge is 2.08. The third-order valence-corrected chi connectivity index (χ3v) is 3.09. The topological polar surface area (TPSA) is 81.5 Å². The molecule has 0 bridgehead atoms. The van der Waals surface area contributed by atoms with Gasteiger partial charge in [-0.25, -0.2) is 0 Å². The molecular formula is C18H29N3O. The molecule has 0 amide bonds. The van der Waals surface area contributed by atoms with Crippen molar-refractivity contribution >= 4 is 17.3 Å². The van der Waals surface area contributed by atoms with Crippen molar-refractivity contribution in [3.63, 3.8) is 0 Å². The number of ketones is 1. The lowest BCUT2D eigenvalue weighted by molar-refractivity contribution is -0.121. The number of Topliss-reactive ketones (excluding diaryl/α,β-unsaturated/α-hetero) is 1. The summed E-state index contributed by atoms with van der Waals surface area (Å²) in [5.74, 6) is 1.000. The monoisotopic (exact) mass is 303 g/mol. The molecule has 4 heteroatoms. The summed E-state index contributed by atoms with van der Waals surface area (Å²) in [5.41, 5.74) is 13.8. The second-order valence-corrected chi connectivity index (χ2v) is 5.43. The van der Waals surface area contributed by atoms with Gasteiger partial charge in [-0.05, 0) is 24.5 Å². The molecule has 1 aromatic rings. The van der Waals surface area contributed by atoms with Gasteiger partial charge in [0.15, 0.2) is 0 Å². The molecule has 0 radical (unpaired) electrons. The predicted molar refractivity (Wildman–Crippen MR) is 95.7 cm³/mol. The van der Waals surface area contributed by atoms with Crippen LogP contribution < -0.4 is 11.5 Å². The van der Waals surface area contributed by atoms with Gasteiger partial charge in [0.25, 0.3) is 0 Å². The summed E-state index contributed by atoms with van der Waals surface area (Å²) >= 11 is 0. The van der Waals surface area contributed by atoms with E-state index in [1.165, 1.54) is 0 Å². The second kappa shape index (κ2) is 10.6. The van der Waals surface area contributed by atoms with E-state index in [1.807, 2.05) is 44.2 Å². The molecule has 0 heterocycles. The molecule has 22 heavy (non-hydrogen) atoms. The Morgan fingerprint density at radius 1 is 1.23 bits per heavy atom. The Morgan fingerprint density at radius 3 is 2.09 bits per heavy atom. The fourth-order valence-corrected chi connectivity index (χ4v) is 1.56. The molecule has 0 saturated heterocycles. The van der Waals surface area contributed by atoms with Crippen molar-refractivity contribution in [1.82, 2.24) is 0 Å². The maximum absolute atomic E-state index is 11.6. The minimum atomic E-state index is 0.0970. The predicted octanol–water partition coefficient (Wildman–Crippen LogP) is 3.16. The largest absolute Gasteiger partial charge is 0.399 e. The van der Waals surface area contributed by atoms with Crippen LogP contribution in [0.5, 0.6) is 0 Å². The van der Waals surface area contributed by atoms with E-state index in [9.17, 15) is 4.79 Å². The van der Waals surface area contributed by atoms with Crippen LogP contribution in [0.25, 0.3) is 5.70 Å². The number of benzene rings is 1. The fraction of sp³-hybridized carbons (Fsp3) is 0.444. The third-order valence-electron chi connectivity index (χ3n) is 3.09. The Balaban J connectivity index is 0.000000763. The van der Waals surface area contributed by atoms with Crippen LogP contribution in [-0.2, 0) is 11.2 Å². The van der Waals surface area contributed by atoms with Crippen LogP contribution in [0, 0.1) is 5.92 Å². The summed E-state index contributed by atoms with van der Waals surface area (Å²) in [6, 6.07) is 7.91. The average Bonchev–Trinajstić information content (AvgIpc) is 2.48. The van der Waals surface area contributed by atoms with Gasteiger partial charge in [0.2, 0.25) is 0 Å². The van der Waals surface area contributed by atoms with E-state index < -0.39 is 0 Å². The van der Waals surface area contributed by atoms with E-state index in [4.69, 9.17) is 11.5 Å². The van der Waals surface area contributed by atoms with E-state index in [-0.39, 0.29) is 11.7 Å². The zero-order valence-corrected chi connectivity index (χ0v) is 14.4. The van der Waals surface area contributed by atoms with Crippen molar-refractivity contribution in [2.75, 3.05) is 7.05 Å². The van der Waals surface area contributed by atoms with Crippen molar-refractivity contribution in [2.45, 2.75) is 40.5 Å². The molecule has 0 aliphatic carbocycles. The molecule has 1 rings (SSSR count). The first-order valence-corrected chi connectivity index (χ1v) is 7.58. The van der Waals surface area contributed by atoms with Crippen molar-refractivity contribution in [1.29, 1.82) is 0 Å². The summed E-state index contributed by atoms with van der Waals surface area (Å²) in [7, 11) is 1.66. The highest BCUT2D eigenvalue weighted by Crippen LogP contribution is 2.13. The number of amidine groups is 1. The van der Waals surface area contributed by atoms with Crippen molar-refractivity contribution < 1.29 is 4.79 Å². The number of carbonyl (C=O) groups excluding carboxylic acids is 1. The summed E-state index contributed by atoms with van der Waals surface area (Å²) in [6.07, 6.45) is 3.43. The van der Waals surface area contributed by atoms with Crippen LogP contribution in [0.3, 0.4) is 0 Å². The summed E-state index contributed by atoms with van der Waals surface area (Å²) in [6.45, 7) is 7.67. The molecule has 0 unspecified atom stereocenters. The van der Waals surface area contributed by atoms with Crippen LogP contribution in [0.1, 0.15) is 45.2 Å². The number of carbonyl (C=O) groups is 1. The molecule has 1 aromatic carbocycles. The SMILES string of the molecule is CC/C=C(/N)c1ccc(CC(=O)C(C)C)cc1.CN=C(C)N. The number of aliphatic imine (C=N–C) groups is 1. The standard InChI is InChI=1S/C15H21NO.C3H8N2/c1-4-5-14(16)13-8-6-12(7-9-13)10-15(17)11(2)3;1-3(4)5-2/h5-9,11H,4,10,16H2,1-3H3;1-2H3,(H2,4,5)/b14-5+;. The molecule has 0 aliphatic rings. The van der Waals surface area contributed by atoms with E-state index in [0.29, 0.717) is 12.3 Å². The van der Waals surface area contributed by atoms with Crippen molar-refractivity contribution in [3.8, 4) is 0 Å². The van der Waals surface area contributed by atoms with Gasteiger partial charge in [-0.2, -0.15) is 0 Å². The molecule has 4 N–H and O–H groups in total. The Hall–Kier alpha value is -2.10. The Morgan fingerprint density at radius 2 is 1.73 bits per heavy atom. The quantitative estimate of drug-likeness (QED) is 0.647. The molecule has 0 saturated carbocycles. The number of hydrogen-bond donors (Lipinski definition) is 2. The molecular weight excluding hydrogens is 274 g/mol. The van der Waals surface area contributed by atoms with Crippen LogP contribution >= 0.6 is 0 Å². The first-order chi connectivity index (χ1) is 10.3. The molecule has 4 nitrogen and oxygen atoms in total. The number of nitrogens with zero attached hydrogens (tertiary/aromatic N) is 1. The van der Waals surface area contributed by atoms with Gasteiger partial charge in [0.05, 0.1) is 5.84 Å². The van der Waals surface area contributed by atoms with Gasteiger partial charge in [0, 0.05) is 25.1 Å². The lowest BCUT2D eigenvalue weighted by atomic mass is 10.00. The van der Waals surface area contributed by atoms with Crippen molar-refractivity contribution in [3.05, 3.63) is 41.5 Å². The zero-order valence-electron chi connectivity index (χ0n) is 14.4. The highest BCUT2D eigenvalue weighted by atomic mass is 16.1. The minimum Gasteiger partial charge on any atom is -0.399 e. The molecule has 122 valence electrons. The second-order valence-electron chi connectivity index (χ2n) is 5.43. The van der Waals surface area contributed by atoms with Gasteiger partial charge < -0.3 is 11.5 Å². The average molecular weight is 303 g/mol. The minimum absolute atomic E-state index is 0.0970. The highest BCUT2D eigenvalue weighted by molar-refractivity contribution is 5.82. The lowest BCUT2D eigenvalue weighted by Gasteiger charge is -2.06. The van der Waals surface area contributed by atoms with Crippen LogP contribution in [-0.4, -0.2) is 18.7 Å². The zero-order chi connectivity index (χ0) is 17.1. The van der Waals surface area contributed by atoms with E-state index in [1.54, 1.807) is 14.0 Å². The summed E-state index contributed by atoms with van der Waals surface area (Å²) in [5, 5.41) is 0. The summed E-state index contributed by atoms with van der Waals surface area (Å²) < 4.78 is 0. The van der Waals surface area contributed by atoms with Gasteiger partial charge >= 0.3 is 0 Å². The van der Waals surface area contributed by atoms with E-state index >= 15 is 0 Å². The maximum Gasteiger partial charge on any atom is 0.139 e. The van der Waals surface area contributed by atoms with Crippen molar-refractivity contribution in [2.24, 2.45) is 22.4 Å². The third kappa shape index (κ3) is 8.25. The first kappa shape index (κ1) is 19.9. The van der Waals surface area contributed by atoms with Gasteiger partial charge in [-0.3, -0.25) is 9.79 Å². The first-order valence-electron chi connectivity index (χ1n) is 7.58. The Bertz CT molecular complexity index is 510. The molecule has 0 fully saturated rings. The molecule has 0 spiro atoms. The molecule has 0 atom stereocenters. The van der Waals surface area contributed by atoms with E-state index in [2.05, 4.69) is 11.9 Å². The smallest absolute Gasteiger partial charge is 0.139 e. The molecule has 0 aliphatic heterocycles. The Labute approximate surface area is 134 Å². The van der Waals surface area contributed by atoms with Crippen LogP contribution in [0.2, 0.25) is 0 Å². The van der Waals surface area contributed by atoms with E-state index in [0.717, 1.165) is 23.2 Å². The number of hydrogen-bond acceptors (Lipinski definition) is 3. The lowest BCUT2D eigenvalue weighted by Crippen LogP contribution is -2.10. The number of rotatable bonds is 5. The van der Waals surface area contributed by atoms with Gasteiger partial charge in [-0.1, -0.05) is 51.1 Å². The normalized spacial score (nSPS) is 11.9. The summed E-state index contributed by atoms with van der Waals surface area (Å²) in [4.78, 5) is 15.2. The Kier molecular flexibility index (Phi) is 9.59. The maximum atomic E-state index is 11.6. The molecule has 0 aromatic heterocycles.